The van der Waals surface area contributed by atoms with Crippen molar-refractivity contribution < 1.29 is 23.8 Å². The first kappa shape index (κ1) is 21.2. The molecular formula is C23H17BrClNO5. The van der Waals surface area contributed by atoms with Crippen LogP contribution in [0.5, 0.6) is 5.75 Å². The van der Waals surface area contributed by atoms with E-state index < -0.39 is 23.5 Å². The lowest BCUT2D eigenvalue weighted by Gasteiger charge is -2.23. The molecule has 6 nitrogen and oxygen atoms in total. The van der Waals surface area contributed by atoms with E-state index in [1.54, 1.807) is 55.5 Å². The smallest absolute Gasteiger partial charge is 0.300 e. The highest BCUT2D eigenvalue weighted by Gasteiger charge is 2.48. The number of Topliss-reactive ketones (excluding diaryl/α,β-unsaturated/α-hetero) is 1. The van der Waals surface area contributed by atoms with Crippen LogP contribution in [0.3, 0.4) is 0 Å². The second kappa shape index (κ2) is 8.24. The van der Waals surface area contributed by atoms with Crippen molar-refractivity contribution >= 4 is 50.7 Å². The number of aliphatic hydroxyl groups is 1. The number of anilines is 1. The third kappa shape index (κ3) is 3.75. The Bertz CT molecular complexity index is 1210. The zero-order chi connectivity index (χ0) is 22.3. The zero-order valence-corrected chi connectivity index (χ0v) is 18.9. The first-order valence-corrected chi connectivity index (χ1v) is 10.5. The van der Waals surface area contributed by atoms with Crippen LogP contribution in [0.15, 0.2) is 69.1 Å². The average Bonchev–Trinajstić information content (AvgIpc) is 3.29. The normalized spacial score (nSPS) is 17.9. The van der Waals surface area contributed by atoms with Gasteiger partial charge in [-0.3, -0.25) is 14.5 Å². The Labute approximate surface area is 191 Å². The maximum absolute atomic E-state index is 13.1. The van der Waals surface area contributed by atoms with Crippen molar-refractivity contribution in [3.63, 3.8) is 0 Å². The molecule has 0 saturated carbocycles. The molecule has 0 spiro atoms. The first-order chi connectivity index (χ1) is 14.8. The van der Waals surface area contributed by atoms with E-state index in [4.69, 9.17) is 20.8 Å². The van der Waals surface area contributed by atoms with Gasteiger partial charge in [-0.05, 0) is 61.5 Å². The summed E-state index contributed by atoms with van der Waals surface area (Å²) in [6.45, 7) is 1.76. The van der Waals surface area contributed by atoms with Crippen molar-refractivity contribution in [3.8, 4) is 5.75 Å². The molecule has 1 fully saturated rings. The van der Waals surface area contributed by atoms with Gasteiger partial charge >= 0.3 is 0 Å². The van der Waals surface area contributed by atoms with Gasteiger partial charge in [0.25, 0.3) is 11.7 Å². The molecule has 1 saturated heterocycles. The van der Waals surface area contributed by atoms with Gasteiger partial charge < -0.3 is 14.3 Å². The number of rotatable bonds is 4. The summed E-state index contributed by atoms with van der Waals surface area (Å²) in [5.74, 6) is -0.730. The highest BCUT2D eigenvalue weighted by atomic mass is 79.9. The van der Waals surface area contributed by atoms with E-state index in [1.165, 1.54) is 18.1 Å². The van der Waals surface area contributed by atoms with Crippen molar-refractivity contribution in [1.82, 2.24) is 0 Å². The van der Waals surface area contributed by atoms with Crippen LogP contribution in [0.2, 0.25) is 5.02 Å². The van der Waals surface area contributed by atoms with Crippen LogP contribution >= 0.6 is 27.5 Å². The van der Waals surface area contributed by atoms with Gasteiger partial charge in [-0.1, -0.05) is 27.5 Å². The van der Waals surface area contributed by atoms with Crippen molar-refractivity contribution in [2.45, 2.75) is 13.0 Å². The third-order valence-corrected chi connectivity index (χ3v) is 5.76. The molecule has 1 aromatic heterocycles. The molecule has 0 bridgehead atoms. The number of carbonyl (C=O) groups excluding carboxylic acids is 2. The molecular weight excluding hydrogens is 486 g/mol. The Hall–Kier alpha value is -3.03. The topological polar surface area (TPSA) is 80.0 Å². The molecule has 1 unspecified atom stereocenters. The lowest BCUT2D eigenvalue weighted by molar-refractivity contribution is -0.132. The van der Waals surface area contributed by atoms with E-state index in [1.807, 2.05) is 0 Å². The minimum Gasteiger partial charge on any atom is -0.507 e. The number of hydrogen-bond acceptors (Lipinski definition) is 5. The number of carbonyl (C=O) groups is 2. The summed E-state index contributed by atoms with van der Waals surface area (Å²) >= 11 is 9.48. The summed E-state index contributed by atoms with van der Waals surface area (Å²) in [6.07, 6.45) is 0. The molecule has 0 radical (unpaired) electrons. The van der Waals surface area contributed by atoms with Crippen molar-refractivity contribution in [3.05, 3.63) is 86.7 Å². The van der Waals surface area contributed by atoms with Crippen molar-refractivity contribution in [1.29, 1.82) is 0 Å². The molecule has 1 N–H and O–H groups in total. The molecule has 1 aliphatic heterocycles. The number of ketones is 1. The van der Waals surface area contributed by atoms with Gasteiger partial charge in [0, 0.05) is 15.2 Å². The molecule has 1 atom stereocenters. The minimum atomic E-state index is -0.960. The van der Waals surface area contributed by atoms with Crippen LogP contribution < -0.4 is 9.64 Å². The van der Waals surface area contributed by atoms with Crippen LogP contribution in [0, 0.1) is 6.92 Å². The monoisotopic (exact) mass is 501 g/mol. The Morgan fingerprint density at radius 1 is 1.13 bits per heavy atom. The Morgan fingerprint density at radius 2 is 1.84 bits per heavy atom. The van der Waals surface area contributed by atoms with Gasteiger partial charge in [-0.15, -0.1) is 0 Å². The SMILES string of the molecule is COc1ccc(Cl)cc1/C(O)=C1\C(=O)C(=O)N(c2ccc(Br)cc2)C1c1ccc(C)o1. The van der Waals surface area contributed by atoms with Gasteiger partial charge in [-0.25, -0.2) is 0 Å². The molecule has 2 heterocycles. The van der Waals surface area contributed by atoms with E-state index in [0.29, 0.717) is 28.0 Å². The van der Waals surface area contributed by atoms with E-state index in [0.717, 1.165) is 4.47 Å². The summed E-state index contributed by atoms with van der Waals surface area (Å²) in [5.41, 5.74) is 0.585. The first-order valence-electron chi connectivity index (χ1n) is 9.28. The molecule has 31 heavy (non-hydrogen) atoms. The lowest BCUT2D eigenvalue weighted by atomic mass is 9.98. The number of furan rings is 1. The summed E-state index contributed by atoms with van der Waals surface area (Å²) in [7, 11) is 1.44. The fourth-order valence-electron chi connectivity index (χ4n) is 3.58. The van der Waals surface area contributed by atoms with Crippen LogP contribution in [0.1, 0.15) is 23.1 Å². The Kier molecular flexibility index (Phi) is 5.64. The summed E-state index contributed by atoms with van der Waals surface area (Å²) in [5, 5.41) is 11.5. The van der Waals surface area contributed by atoms with Crippen molar-refractivity contribution in [2.75, 3.05) is 12.0 Å². The van der Waals surface area contributed by atoms with Crippen LogP contribution in [0.25, 0.3) is 5.76 Å². The summed E-state index contributed by atoms with van der Waals surface area (Å²) < 4.78 is 11.9. The maximum atomic E-state index is 13.1. The number of amides is 1. The highest BCUT2D eigenvalue weighted by molar-refractivity contribution is 9.10. The number of aryl methyl sites for hydroxylation is 1. The quantitative estimate of drug-likeness (QED) is 0.284. The minimum absolute atomic E-state index is 0.108. The molecule has 4 rings (SSSR count). The average molecular weight is 503 g/mol. The van der Waals surface area contributed by atoms with Gasteiger partial charge in [0.15, 0.2) is 0 Å². The molecule has 1 amide bonds. The predicted octanol–water partition coefficient (Wildman–Crippen LogP) is 5.64. The lowest BCUT2D eigenvalue weighted by Crippen LogP contribution is -2.29. The van der Waals surface area contributed by atoms with Gasteiger partial charge in [0.2, 0.25) is 0 Å². The molecule has 2 aromatic carbocycles. The fraction of sp³-hybridized carbons (Fsp3) is 0.130. The number of methoxy groups -OCH3 is 1. The summed E-state index contributed by atoms with van der Waals surface area (Å²) in [4.78, 5) is 27.5. The number of nitrogens with zero attached hydrogens (tertiary/aromatic N) is 1. The number of aliphatic hydroxyl groups excluding tert-OH is 1. The Balaban J connectivity index is 1.97. The molecule has 158 valence electrons. The van der Waals surface area contributed by atoms with E-state index >= 15 is 0 Å². The Morgan fingerprint density at radius 3 is 2.45 bits per heavy atom. The van der Waals surface area contributed by atoms with Crippen LogP contribution in [-0.4, -0.2) is 23.9 Å². The maximum Gasteiger partial charge on any atom is 0.300 e. The molecule has 8 heteroatoms. The van der Waals surface area contributed by atoms with Gasteiger partial charge in [0.1, 0.15) is 29.1 Å². The number of hydrogen-bond donors (Lipinski definition) is 1. The van der Waals surface area contributed by atoms with E-state index in [9.17, 15) is 14.7 Å². The molecule has 0 aliphatic carbocycles. The van der Waals surface area contributed by atoms with E-state index in [2.05, 4.69) is 15.9 Å². The molecule has 3 aromatic rings. The zero-order valence-electron chi connectivity index (χ0n) is 16.6. The van der Waals surface area contributed by atoms with Gasteiger partial charge in [-0.2, -0.15) is 0 Å². The second-order valence-electron chi connectivity index (χ2n) is 6.94. The number of ether oxygens (including phenoxy) is 1. The number of benzene rings is 2. The fourth-order valence-corrected chi connectivity index (χ4v) is 4.02. The van der Waals surface area contributed by atoms with Crippen molar-refractivity contribution in [2.24, 2.45) is 0 Å². The van der Waals surface area contributed by atoms with Crippen LogP contribution in [0.4, 0.5) is 5.69 Å². The third-order valence-electron chi connectivity index (χ3n) is 5.00. The van der Waals surface area contributed by atoms with Crippen LogP contribution in [-0.2, 0) is 9.59 Å². The summed E-state index contributed by atoms with van der Waals surface area (Å²) in [6, 6.07) is 14.1. The molecule has 1 aliphatic rings. The second-order valence-corrected chi connectivity index (χ2v) is 8.29. The largest absolute Gasteiger partial charge is 0.507 e. The van der Waals surface area contributed by atoms with E-state index in [-0.39, 0.29) is 11.1 Å². The van der Waals surface area contributed by atoms with Gasteiger partial charge in [0.05, 0.1) is 18.2 Å². The standard InChI is InChI=1S/C23H17BrClNO5/c1-12-3-9-18(31-12)20-19(21(27)16-11-14(25)6-10-17(16)30-2)22(28)23(29)26(20)15-7-4-13(24)5-8-15/h3-11,20,27H,1-2H3/b21-19+. The highest BCUT2D eigenvalue weighted by Crippen LogP contribution is 2.44. The number of halogens is 2. The predicted molar refractivity (Wildman–Crippen MR) is 120 cm³/mol.